The molecular weight excluding hydrogens is 368 g/mol. The van der Waals surface area contributed by atoms with Crippen LogP contribution in [0, 0.1) is 0 Å². The highest BCUT2D eigenvalue weighted by Crippen LogP contribution is 2.26. The standard InChI is InChI=1S/C15H15BrN2O5/c1-8(15(22)23)17-12(19)3-2-6-18-13(20)10-5-4-9(16)7-11(10)14(18)21/h4-5,7-8H,2-3,6H2,1H3,(H,17,19)(H,22,23)/t8-/m1/s1. The van der Waals surface area contributed by atoms with Gasteiger partial charge in [-0.2, -0.15) is 0 Å². The Morgan fingerprint density at radius 2 is 1.91 bits per heavy atom. The molecule has 2 rings (SSSR count). The van der Waals surface area contributed by atoms with Gasteiger partial charge in [0.15, 0.2) is 0 Å². The Morgan fingerprint density at radius 1 is 1.26 bits per heavy atom. The van der Waals surface area contributed by atoms with Crippen molar-refractivity contribution in [2.24, 2.45) is 0 Å². The molecule has 0 saturated carbocycles. The van der Waals surface area contributed by atoms with Crippen molar-refractivity contribution in [1.29, 1.82) is 0 Å². The number of aliphatic carboxylic acids is 1. The highest BCUT2D eigenvalue weighted by atomic mass is 79.9. The summed E-state index contributed by atoms with van der Waals surface area (Å²) >= 11 is 3.26. The SMILES string of the molecule is C[C@@H](NC(=O)CCCN1C(=O)c2ccc(Br)cc2C1=O)C(=O)O. The van der Waals surface area contributed by atoms with Gasteiger partial charge in [-0.05, 0) is 31.5 Å². The lowest BCUT2D eigenvalue weighted by atomic mass is 10.1. The molecule has 1 aliphatic heterocycles. The summed E-state index contributed by atoms with van der Waals surface area (Å²) in [7, 11) is 0. The van der Waals surface area contributed by atoms with Crippen molar-refractivity contribution in [1.82, 2.24) is 10.2 Å². The second-order valence-electron chi connectivity index (χ2n) is 5.18. The van der Waals surface area contributed by atoms with Gasteiger partial charge in [0.2, 0.25) is 5.91 Å². The molecule has 7 nitrogen and oxygen atoms in total. The average Bonchev–Trinajstić information content (AvgIpc) is 2.71. The van der Waals surface area contributed by atoms with E-state index in [4.69, 9.17) is 5.11 Å². The number of carbonyl (C=O) groups excluding carboxylic acids is 3. The molecule has 0 bridgehead atoms. The maximum atomic E-state index is 12.2. The van der Waals surface area contributed by atoms with Crippen LogP contribution in [0.1, 0.15) is 40.5 Å². The normalized spacial score (nSPS) is 14.6. The third kappa shape index (κ3) is 3.76. The van der Waals surface area contributed by atoms with Crippen molar-refractivity contribution in [3.8, 4) is 0 Å². The van der Waals surface area contributed by atoms with Crippen molar-refractivity contribution in [3.05, 3.63) is 33.8 Å². The predicted molar refractivity (Wildman–Crippen MR) is 84.0 cm³/mol. The average molecular weight is 383 g/mol. The van der Waals surface area contributed by atoms with Gasteiger partial charge in [0.25, 0.3) is 11.8 Å². The number of carboxylic acid groups (broad SMARTS) is 1. The summed E-state index contributed by atoms with van der Waals surface area (Å²) in [5.41, 5.74) is 0.690. The summed E-state index contributed by atoms with van der Waals surface area (Å²) in [4.78, 5) is 47.7. The summed E-state index contributed by atoms with van der Waals surface area (Å²) in [5, 5.41) is 11.0. The fourth-order valence-electron chi connectivity index (χ4n) is 2.24. The molecule has 0 fully saturated rings. The number of hydrogen-bond acceptors (Lipinski definition) is 4. The van der Waals surface area contributed by atoms with E-state index in [1.807, 2.05) is 0 Å². The first kappa shape index (κ1) is 17.1. The van der Waals surface area contributed by atoms with Crippen molar-refractivity contribution >= 4 is 39.6 Å². The Hall–Kier alpha value is -2.22. The van der Waals surface area contributed by atoms with E-state index in [2.05, 4.69) is 21.2 Å². The predicted octanol–water partition coefficient (Wildman–Crippen LogP) is 1.41. The van der Waals surface area contributed by atoms with Crippen LogP contribution >= 0.6 is 15.9 Å². The second-order valence-corrected chi connectivity index (χ2v) is 6.10. The molecule has 0 aromatic heterocycles. The topological polar surface area (TPSA) is 104 Å². The lowest BCUT2D eigenvalue weighted by Gasteiger charge is -2.14. The van der Waals surface area contributed by atoms with Crippen molar-refractivity contribution in [2.45, 2.75) is 25.8 Å². The number of fused-ring (bicyclic) bond motifs is 1. The smallest absolute Gasteiger partial charge is 0.325 e. The minimum absolute atomic E-state index is 0.0364. The zero-order valence-electron chi connectivity index (χ0n) is 12.3. The Labute approximate surface area is 140 Å². The number of hydrogen-bond donors (Lipinski definition) is 2. The van der Waals surface area contributed by atoms with Crippen LogP contribution in [0.25, 0.3) is 0 Å². The van der Waals surface area contributed by atoms with E-state index in [0.717, 1.165) is 4.90 Å². The number of carbonyl (C=O) groups is 4. The first-order valence-electron chi connectivity index (χ1n) is 6.99. The van der Waals surface area contributed by atoms with Crippen LogP contribution < -0.4 is 5.32 Å². The fourth-order valence-corrected chi connectivity index (χ4v) is 2.60. The van der Waals surface area contributed by atoms with Gasteiger partial charge >= 0.3 is 5.97 Å². The van der Waals surface area contributed by atoms with Crippen molar-refractivity contribution in [3.63, 3.8) is 0 Å². The van der Waals surface area contributed by atoms with Gasteiger partial charge in [-0.3, -0.25) is 24.1 Å². The zero-order valence-corrected chi connectivity index (χ0v) is 13.9. The molecule has 0 aliphatic carbocycles. The molecule has 2 N–H and O–H groups in total. The number of nitrogens with zero attached hydrogens (tertiary/aromatic N) is 1. The number of carboxylic acids is 1. The Balaban J connectivity index is 1.90. The van der Waals surface area contributed by atoms with E-state index >= 15 is 0 Å². The summed E-state index contributed by atoms with van der Waals surface area (Å²) in [6, 6.07) is 3.89. The monoisotopic (exact) mass is 382 g/mol. The number of rotatable bonds is 6. The summed E-state index contributed by atoms with van der Waals surface area (Å²) in [6.07, 6.45) is 0.305. The van der Waals surface area contributed by atoms with Crippen LogP contribution in [-0.2, 0) is 9.59 Å². The van der Waals surface area contributed by atoms with Gasteiger partial charge < -0.3 is 10.4 Å². The molecule has 3 amide bonds. The van der Waals surface area contributed by atoms with Gasteiger partial charge in [-0.25, -0.2) is 0 Å². The van der Waals surface area contributed by atoms with Crippen molar-refractivity contribution < 1.29 is 24.3 Å². The maximum absolute atomic E-state index is 12.2. The number of amides is 3. The molecule has 1 aromatic rings. The third-order valence-corrected chi connectivity index (χ3v) is 3.96. The molecule has 0 spiro atoms. The van der Waals surface area contributed by atoms with E-state index in [0.29, 0.717) is 15.6 Å². The first-order chi connectivity index (χ1) is 10.8. The van der Waals surface area contributed by atoms with Crippen LogP contribution in [-0.4, -0.2) is 46.3 Å². The highest BCUT2D eigenvalue weighted by molar-refractivity contribution is 9.10. The summed E-state index contributed by atoms with van der Waals surface area (Å²) in [5.74, 6) is -2.31. The van der Waals surface area contributed by atoms with E-state index in [1.54, 1.807) is 18.2 Å². The van der Waals surface area contributed by atoms with E-state index < -0.39 is 17.9 Å². The van der Waals surface area contributed by atoms with Crippen LogP contribution in [0.5, 0.6) is 0 Å². The number of benzene rings is 1. The van der Waals surface area contributed by atoms with Gasteiger partial charge in [-0.1, -0.05) is 15.9 Å². The van der Waals surface area contributed by atoms with Crippen LogP contribution in [0.15, 0.2) is 22.7 Å². The molecule has 1 atom stereocenters. The van der Waals surface area contributed by atoms with Crippen LogP contribution in [0.3, 0.4) is 0 Å². The van der Waals surface area contributed by atoms with E-state index in [1.165, 1.54) is 6.92 Å². The molecule has 1 heterocycles. The summed E-state index contributed by atoms with van der Waals surface area (Å²) in [6.45, 7) is 1.47. The first-order valence-corrected chi connectivity index (χ1v) is 7.78. The quantitative estimate of drug-likeness (QED) is 0.723. The van der Waals surface area contributed by atoms with Crippen LogP contribution in [0.2, 0.25) is 0 Å². The minimum Gasteiger partial charge on any atom is -0.480 e. The molecule has 1 aliphatic rings. The van der Waals surface area contributed by atoms with E-state index in [9.17, 15) is 19.2 Å². The van der Waals surface area contributed by atoms with E-state index in [-0.39, 0.29) is 31.2 Å². The molecule has 1 aromatic carbocycles. The largest absolute Gasteiger partial charge is 0.480 e. The third-order valence-electron chi connectivity index (χ3n) is 3.47. The molecule has 23 heavy (non-hydrogen) atoms. The molecule has 122 valence electrons. The number of nitrogens with one attached hydrogen (secondary N) is 1. The van der Waals surface area contributed by atoms with Gasteiger partial charge in [-0.15, -0.1) is 0 Å². The molecule has 0 radical (unpaired) electrons. The highest BCUT2D eigenvalue weighted by Gasteiger charge is 2.35. The Kier molecular flexibility index (Phi) is 5.15. The molecule has 0 unspecified atom stereocenters. The molecular formula is C15H15BrN2O5. The maximum Gasteiger partial charge on any atom is 0.325 e. The number of imide groups is 1. The molecule has 0 saturated heterocycles. The van der Waals surface area contributed by atoms with Crippen LogP contribution in [0.4, 0.5) is 0 Å². The Bertz CT molecular complexity index is 688. The molecule has 8 heteroatoms. The Morgan fingerprint density at radius 3 is 2.57 bits per heavy atom. The summed E-state index contributed by atoms with van der Waals surface area (Å²) < 4.78 is 0.710. The van der Waals surface area contributed by atoms with Gasteiger partial charge in [0, 0.05) is 17.4 Å². The second kappa shape index (κ2) is 6.91. The fraction of sp³-hybridized carbons (Fsp3) is 0.333. The van der Waals surface area contributed by atoms with Gasteiger partial charge in [0.05, 0.1) is 11.1 Å². The zero-order chi connectivity index (χ0) is 17.1. The lowest BCUT2D eigenvalue weighted by molar-refractivity contribution is -0.141. The van der Waals surface area contributed by atoms with Crippen molar-refractivity contribution in [2.75, 3.05) is 6.54 Å². The number of halogens is 1. The lowest BCUT2D eigenvalue weighted by Crippen LogP contribution is -2.38. The van der Waals surface area contributed by atoms with Gasteiger partial charge in [0.1, 0.15) is 6.04 Å². The minimum atomic E-state index is -1.12.